The number of benzene rings is 1. The minimum atomic E-state index is -0.683. The summed E-state index contributed by atoms with van der Waals surface area (Å²) < 4.78 is 9.77. The van der Waals surface area contributed by atoms with Crippen LogP contribution >= 0.6 is 0 Å². The molecule has 0 bridgehead atoms. The highest BCUT2D eigenvalue weighted by molar-refractivity contribution is 5.95. The quantitative estimate of drug-likeness (QED) is 0.450. The Hall–Kier alpha value is -2.17. The van der Waals surface area contributed by atoms with E-state index in [1.54, 1.807) is 12.1 Å². The van der Waals surface area contributed by atoms with Gasteiger partial charge in [-0.2, -0.15) is 0 Å². The Morgan fingerprint density at radius 2 is 1.53 bits per heavy atom. The van der Waals surface area contributed by atoms with Crippen molar-refractivity contribution in [2.75, 3.05) is 0 Å². The smallest absolute Gasteiger partial charge is 0.318 e. The minimum Gasteiger partial charge on any atom is -0.423 e. The molecule has 17 heavy (non-hydrogen) atoms. The number of para-hydroxylation sites is 2. The second-order valence-electron chi connectivity index (χ2n) is 3.39. The molecule has 0 amide bonds. The van der Waals surface area contributed by atoms with Crippen LogP contribution in [0, 0.1) is 0 Å². The molecule has 0 spiro atoms. The highest BCUT2D eigenvalue weighted by Crippen LogP contribution is 2.26. The summed E-state index contributed by atoms with van der Waals surface area (Å²) in [6, 6.07) is 6.25. The van der Waals surface area contributed by atoms with Crippen molar-refractivity contribution in [2.24, 2.45) is 0 Å². The summed E-state index contributed by atoms with van der Waals surface area (Å²) in [6.07, 6.45) is -0.311. The van der Waals surface area contributed by atoms with E-state index >= 15 is 0 Å². The van der Waals surface area contributed by atoms with Crippen LogP contribution in [0.1, 0.15) is 20.3 Å². The van der Waals surface area contributed by atoms with E-state index in [1.165, 1.54) is 26.0 Å². The van der Waals surface area contributed by atoms with E-state index in [0.29, 0.717) is 0 Å². The number of Topliss-reactive ketones (excluding diaryl/α,β-unsaturated/α-hetero) is 1. The number of esters is 2. The van der Waals surface area contributed by atoms with Gasteiger partial charge in [0.05, 0.1) is 0 Å². The Bertz CT molecular complexity index is 450. The summed E-state index contributed by atoms with van der Waals surface area (Å²) in [4.78, 5) is 32.8. The molecule has 0 N–H and O–H groups in total. The van der Waals surface area contributed by atoms with Gasteiger partial charge in [0.25, 0.3) is 0 Å². The molecule has 0 fully saturated rings. The Labute approximate surface area is 98.3 Å². The lowest BCUT2D eigenvalue weighted by atomic mass is 10.3. The Morgan fingerprint density at radius 3 is 2.00 bits per heavy atom. The average molecular weight is 236 g/mol. The molecule has 1 aromatic carbocycles. The van der Waals surface area contributed by atoms with Crippen molar-refractivity contribution in [3.63, 3.8) is 0 Å². The zero-order chi connectivity index (χ0) is 12.8. The first-order valence-electron chi connectivity index (χ1n) is 4.96. The van der Waals surface area contributed by atoms with Gasteiger partial charge in [-0.15, -0.1) is 0 Å². The SMILES string of the molecule is CC(=O)CC(=O)Oc1ccccc1OC(C)=O. The van der Waals surface area contributed by atoms with Crippen molar-refractivity contribution >= 4 is 17.7 Å². The number of ether oxygens (including phenoxy) is 2. The van der Waals surface area contributed by atoms with Crippen LogP contribution in [0.15, 0.2) is 24.3 Å². The van der Waals surface area contributed by atoms with Crippen molar-refractivity contribution in [2.45, 2.75) is 20.3 Å². The topological polar surface area (TPSA) is 69.7 Å². The van der Waals surface area contributed by atoms with E-state index in [1.807, 2.05) is 0 Å². The van der Waals surface area contributed by atoms with Crippen LogP contribution in [0.25, 0.3) is 0 Å². The fourth-order valence-electron chi connectivity index (χ4n) is 1.14. The van der Waals surface area contributed by atoms with Crippen LogP contribution in [0.3, 0.4) is 0 Å². The summed E-state index contributed by atoms with van der Waals surface area (Å²) in [5.74, 6) is -1.22. The first-order chi connectivity index (χ1) is 7.99. The third kappa shape index (κ3) is 4.46. The largest absolute Gasteiger partial charge is 0.423 e. The predicted octanol–water partition coefficient (Wildman–Crippen LogP) is 1.50. The van der Waals surface area contributed by atoms with Crippen LogP contribution in [-0.4, -0.2) is 17.7 Å². The lowest BCUT2D eigenvalue weighted by molar-refractivity contribution is -0.138. The standard InChI is InChI=1S/C12H12O5/c1-8(13)7-12(15)17-11-6-4-3-5-10(11)16-9(2)14/h3-6H,7H2,1-2H3. The molecule has 1 aromatic rings. The maximum Gasteiger partial charge on any atom is 0.318 e. The fourth-order valence-corrected chi connectivity index (χ4v) is 1.14. The Morgan fingerprint density at radius 1 is 1.00 bits per heavy atom. The van der Waals surface area contributed by atoms with Crippen LogP contribution in [-0.2, 0) is 14.4 Å². The molecule has 5 heteroatoms. The molecule has 0 aliphatic rings. The predicted molar refractivity (Wildman–Crippen MR) is 58.7 cm³/mol. The molecular formula is C12H12O5. The molecule has 0 atom stereocenters. The lowest BCUT2D eigenvalue weighted by Crippen LogP contribution is -2.13. The first-order valence-corrected chi connectivity index (χ1v) is 4.96. The number of hydrogen-bond acceptors (Lipinski definition) is 5. The molecule has 0 unspecified atom stereocenters. The summed E-state index contributed by atoms with van der Waals surface area (Å²) in [5.41, 5.74) is 0. The normalized spacial score (nSPS) is 9.53. The van der Waals surface area contributed by atoms with Crippen LogP contribution in [0.4, 0.5) is 0 Å². The van der Waals surface area contributed by atoms with Gasteiger partial charge >= 0.3 is 11.9 Å². The molecule has 0 aliphatic heterocycles. The van der Waals surface area contributed by atoms with Crippen molar-refractivity contribution < 1.29 is 23.9 Å². The van der Waals surface area contributed by atoms with Gasteiger partial charge < -0.3 is 9.47 Å². The average Bonchev–Trinajstić information content (AvgIpc) is 2.18. The molecule has 90 valence electrons. The van der Waals surface area contributed by atoms with Gasteiger partial charge in [0, 0.05) is 6.92 Å². The van der Waals surface area contributed by atoms with E-state index in [-0.39, 0.29) is 23.7 Å². The third-order valence-corrected chi connectivity index (χ3v) is 1.72. The van der Waals surface area contributed by atoms with Gasteiger partial charge in [0.15, 0.2) is 11.5 Å². The first kappa shape index (κ1) is 12.9. The van der Waals surface area contributed by atoms with Crippen LogP contribution in [0.5, 0.6) is 11.5 Å². The molecule has 0 aromatic heterocycles. The van der Waals surface area contributed by atoms with Crippen molar-refractivity contribution in [1.82, 2.24) is 0 Å². The lowest BCUT2D eigenvalue weighted by Gasteiger charge is -2.08. The molecule has 0 aliphatic carbocycles. The summed E-state index contributed by atoms with van der Waals surface area (Å²) in [7, 11) is 0. The van der Waals surface area contributed by atoms with Crippen molar-refractivity contribution in [1.29, 1.82) is 0 Å². The second kappa shape index (κ2) is 5.79. The van der Waals surface area contributed by atoms with Crippen LogP contribution in [0.2, 0.25) is 0 Å². The number of carbonyl (C=O) groups is 3. The number of rotatable bonds is 4. The number of hydrogen-bond donors (Lipinski definition) is 0. The zero-order valence-electron chi connectivity index (χ0n) is 9.56. The van der Waals surface area contributed by atoms with Gasteiger partial charge in [-0.1, -0.05) is 12.1 Å². The van der Waals surface area contributed by atoms with E-state index in [4.69, 9.17) is 9.47 Å². The van der Waals surface area contributed by atoms with E-state index in [0.717, 1.165) is 0 Å². The van der Waals surface area contributed by atoms with E-state index < -0.39 is 11.9 Å². The third-order valence-electron chi connectivity index (χ3n) is 1.72. The van der Waals surface area contributed by atoms with Crippen molar-refractivity contribution in [3.8, 4) is 11.5 Å². The summed E-state index contributed by atoms with van der Waals surface area (Å²) in [5, 5.41) is 0. The highest BCUT2D eigenvalue weighted by Gasteiger charge is 2.12. The fraction of sp³-hybridized carbons (Fsp3) is 0.250. The molecule has 0 saturated carbocycles. The Kier molecular flexibility index (Phi) is 4.39. The maximum atomic E-state index is 11.3. The van der Waals surface area contributed by atoms with Gasteiger partial charge in [-0.3, -0.25) is 14.4 Å². The van der Waals surface area contributed by atoms with E-state index in [2.05, 4.69) is 0 Å². The molecule has 1 rings (SSSR count). The maximum absolute atomic E-state index is 11.3. The molecular weight excluding hydrogens is 224 g/mol. The van der Waals surface area contributed by atoms with Crippen LogP contribution < -0.4 is 9.47 Å². The monoisotopic (exact) mass is 236 g/mol. The second-order valence-corrected chi connectivity index (χ2v) is 3.39. The number of carbonyl (C=O) groups excluding carboxylic acids is 3. The molecule has 0 radical (unpaired) electrons. The van der Waals surface area contributed by atoms with Gasteiger partial charge in [0.1, 0.15) is 12.2 Å². The summed E-state index contributed by atoms with van der Waals surface area (Å²) in [6.45, 7) is 2.54. The Balaban J connectivity index is 2.79. The van der Waals surface area contributed by atoms with E-state index in [9.17, 15) is 14.4 Å². The zero-order valence-corrected chi connectivity index (χ0v) is 9.56. The molecule has 5 nitrogen and oxygen atoms in total. The van der Waals surface area contributed by atoms with Crippen molar-refractivity contribution in [3.05, 3.63) is 24.3 Å². The molecule has 0 saturated heterocycles. The summed E-state index contributed by atoms with van der Waals surface area (Å²) >= 11 is 0. The highest BCUT2D eigenvalue weighted by atomic mass is 16.6. The van der Waals surface area contributed by atoms with Gasteiger partial charge in [0.2, 0.25) is 0 Å². The van der Waals surface area contributed by atoms with Gasteiger partial charge in [-0.05, 0) is 19.1 Å². The van der Waals surface area contributed by atoms with Gasteiger partial charge in [-0.25, -0.2) is 0 Å². The molecule has 0 heterocycles. The minimum absolute atomic E-state index is 0.119. The number of ketones is 1.